The van der Waals surface area contributed by atoms with Gasteiger partial charge < -0.3 is 4.90 Å². The number of alkyl halides is 6. The Balaban J connectivity index is 1.97. The number of carbonyl (C=O) groups excluding carboxylic acids is 1. The Bertz CT molecular complexity index is 1290. The summed E-state index contributed by atoms with van der Waals surface area (Å²) in [7, 11) is 0. The first-order chi connectivity index (χ1) is 17.5. The molecule has 1 amide bonds. The van der Waals surface area contributed by atoms with E-state index >= 15 is 0 Å². The summed E-state index contributed by atoms with van der Waals surface area (Å²) in [5.74, 6) is -2.38. The average Bonchev–Trinajstić information content (AvgIpc) is 2.81. The highest BCUT2D eigenvalue weighted by Gasteiger charge is 2.34. The van der Waals surface area contributed by atoms with Crippen LogP contribution in [0, 0.1) is 5.82 Å². The van der Waals surface area contributed by atoms with E-state index in [-0.39, 0.29) is 30.5 Å². The molecule has 3 rings (SSSR count). The standard InChI is InChI=1S/C28H25ClF7NO/c1-26(2,3)19-9-7-18(8-10-19)16-37(12-11-17-5-4-6-20(13-17)27(31,32)33)25(38)22-14-21(28(34,35)36)15-23(29)24(22)30/h4-10,13-15H,11-12,16H2,1-3H3. The lowest BCUT2D eigenvalue weighted by atomic mass is 9.87. The van der Waals surface area contributed by atoms with Crippen LogP contribution < -0.4 is 0 Å². The van der Waals surface area contributed by atoms with Crippen LogP contribution in [0.3, 0.4) is 0 Å². The van der Waals surface area contributed by atoms with Gasteiger partial charge in [-0.25, -0.2) is 4.39 Å². The highest BCUT2D eigenvalue weighted by atomic mass is 35.5. The number of carbonyl (C=O) groups is 1. The molecule has 204 valence electrons. The van der Waals surface area contributed by atoms with Crippen molar-refractivity contribution < 1.29 is 35.5 Å². The third kappa shape index (κ3) is 7.28. The molecule has 0 aliphatic carbocycles. The maximum absolute atomic E-state index is 14.8. The van der Waals surface area contributed by atoms with Crippen LogP contribution in [-0.2, 0) is 30.7 Å². The molecule has 3 aromatic rings. The van der Waals surface area contributed by atoms with Crippen molar-refractivity contribution >= 4 is 17.5 Å². The first-order valence-electron chi connectivity index (χ1n) is 11.6. The molecule has 0 atom stereocenters. The summed E-state index contributed by atoms with van der Waals surface area (Å²) >= 11 is 5.67. The Hall–Kier alpha value is -3.07. The molecule has 0 heterocycles. The normalized spacial score (nSPS) is 12.5. The molecule has 0 bridgehead atoms. The molecule has 0 saturated carbocycles. The molecule has 0 aliphatic heterocycles. The van der Waals surface area contributed by atoms with Gasteiger partial charge in [-0.1, -0.05) is 74.8 Å². The van der Waals surface area contributed by atoms with E-state index < -0.39 is 45.8 Å². The Labute approximate surface area is 221 Å². The van der Waals surface area contributed by atoms with E-state index in [0.717, 1.165) is 22.6 Å². The molecular formula is C28H25ClF7NO. The monoisotopic (exact) mass is 559 g/mol. The van der Waals surface area contributed by atoms with E-state index in [9.17, 15) is 35.5 Å². The topological polar surface area (TPSA) is 20.3 Å². The second kappa shape index (κ2) is 11.0. The summed E-state index contributed by atoms with van der Waals surface area (Å²) < 4.78 is 94.1. The minimum Gasteiger partial charge on any atom is -0.334 e. The number of halogens is 8. The first-order valence-corrected chi connectivity index (χ1v) is 12.0. The fraction of sp³-hybridized carbons (Fsp3) is 0.321. The van der Waals surface area contributed by atoms with E-state index in [4.69, 9.17) is 11.6 Å². The number of hydrogen-bond donors (Lipinski definition) is 0. The SMILES string of the molecule is CC(C)(C)c1ccc(CN(CCc2cccc(C(F)(F)F)c2)C(=O)c2cc(C(F)(F)F)cc(Cl)c2F)cc1. The smallest absolute Gasteiger partial charge is 0.334 e. The molecule has 2 nitrogen and oxygen atoms in total. The van der Waals surface area contributed by atoms with Crippen LogP contribution in [-0.4, -0.2) is 17.4 Å². The Morgan fingerprint density at radius 1 is 0.789 bits per heavy atom. The van der Waals surface area contributed by atoms with Gasteiger partial charge in [-0.15, -0.1) is 0 Å². The minimum absolute atomic E-state index is 0.0515. The molecule has 10 heteroatoms. The summed E-state index contributed by atoms with van der Waals surface area (Å²) in [6.45, 7) is 5.72. The van der Waals surface area contributed by atoms with Crippen molar-refractivity contribution in [3.63, 3.8) is 0 Å². The summed E-state index contributed by atoms with van der Waals surface area (Å²) in [6, 6.07) is 12.4. The number of nitrogens with zero attached hydrogens (tertiary/aromatic N) is 1. The van der Waals surface area contributed by atoms with E-state index in [0.29, 0.717) is 17.7 Å². The molecule has 0 N–H and O–H groups in total. The molecule has 0 aromatic heterocycles. The van der Waals surface area contributed by atoms with E-state index in [2.05, 4.69) is 0 Å². The zero-order valence-corrected chi connectivity index (χ0v) is 21.5. The van der Waals surface area contributed by atoms with Crippen LogP contribution in [0.2, 0.25) is 5.02 Å². The molecule has 0 spiro atoms. The second-order valence-electron chi connectivity index (χ2n) is 9.94. The average molecular weight is 560 g/mol. The minimum atomic E-state index is -4.88. The Morgan fingerprint density at radius 2 is 1.39 bits per heavy atom. The molecule has 0 aliphatic rings. The van der Waals surface area contributed by atoms with Crippen LogP contribution in [0.25, 0.3) is 0 Å². The van der Waals surface area contributed by atoms with Gasteiger partial charge in [0.05, 0.1) is 21.7 Å². The van der Waals surface area contributed by atoms with Crippen molar-refractivity contribution in [3.8, 4) is 0 Å². The lowest BCUT2D eigenvalue weighted by Crippen LogP contribution is -2.33. The van der Waals surface area contributed by atoms with Crippen LogP contribution in [0.4, 0.5) is 30.7 Å². The molecule has 0 saturated heterocycles. The Kier molecular flexibility index (Phi) is 8.51. The van der Waals surface area contributed by atoms with Crippen molar-refractivity contribution in [1.29, 1.82) is 0 Å². The van der Waals surface area contributed by atoms with Crippen LogP contribution >= 0.6 is 11.6 Å². The maximum atomic E-state index is 14.8. The third-order valence-corrected chi connectivity index (χ3v) is 6.27. The van der Waals surface area contributed by atoms with Gasteiger partial charge in [0.2, 0.25) is 0 Å². The van der Waals surface area contributed by atoms with Gasteiger partial charge in [-0.05, 0) is 46.7 Å². The molecular weight excluding hydrogens is 535 g/mol. The van der Waals surface area contributed by atoms with Crippen molar-refractivity contribution in [3.05, 3.63) is 105 Å². The third-order valence-electron chi connectivity index (χ3n) is 5.99. The van der Waals surface area contributed by atoms with Gasteiger partial charge in [-0.3, -0.25) is 4.79 Å². The van der Waals surface area contributed by atoms with Gasteiger partial charge in [0.25, 0.3) is 5.91 Å². The summed E-state index contributed by atoms with van der Waals surface area (Å²) in [5, 5.41) is -0.865. The zero-order valence-electron chi connectivity index (χ0n) is 20.8. The first kappa shape index (κ1) is 29.5. The number of benzene rings is 3. The van der Waals surface area contributed by atoms with Crippen molar-refractivity contribution in [1.82, 2.24) is 4.90 Å². The Morgan fingerprint density at radius 3 is 1.95 bits per heavy atom. The summed E-state index contributed by atoms with van der Waals surface area (Å²) in [6.07, 6.45) is -9.50. The molecule has 0 radical (unpaired) electrons. The van der Waals surface area contributed by atoms with Gasteiger partial charge in [0, 0.05) is 13.1 Å². The fourth-order valence-electron chi connectivity index (χ4n) is 3.83. The predicted octanol–water partition coefficient (Wildman–Crippen LogP) is 8.70. The van der Waals surface area contributed by atoms with Crippen LogP contribution in [0.5, 0.6) is 0 Å². The van der Waals surface area contributed by atoms with Gasteiger partial charge in [0.1, 0.15) is 0 Å². The van der Waals surface area contributed by atoms with Gasteiger partial charge >= 0.3 is 12.4 Å². The molecule has 3 aromatic carbocycles. The zero-order chi connectivity index (χ0) is 28.5. The van der Waals surface area contributed by atoms with Crippen LogP contribution in [0.1, 0.15) is 58.9 Å². The fourth-order valence-corrected chi connectivity index (χ4v) is 4.05. The van der Waals surface area contributed by atoms with E-state index in [1.54, 1.807) is 12.1 Å². The molecule has 38 heavy (non-hydrogen) atoms. The van der Waals surface area contributed by atoms with Gasteiger partial charge in [0.15, 0.2) is 5.82 Å². The molecule has 0 unspecified atom stereocenters. The second-order valence-corrected chi connectivity index (χ2v) is 10.3. The van der Waals surface area contributed by atoms with Crippen molar-refractivity contribution in [2.75, 3.05) is 6.54 Å². The van der Waals surface area contributed by atoms with E-state index in [1.165, 1.54) is 12.1 Å². The molecule has 0 fully saturated rings. The van der Waals surface area contributed by atoms with Gasteiger partial charge in [-0.2, -0.15) is 26.3 Å². The predicted molar refractivity (Wildman–Crippen MR) is 131 cm³/mol. The maximum Gasteiger partial charge on any atom is 0.416 e. The van der Waals surface area contributed by atoms with Crippen molar-refractivity contribution in [2.45, 2.75) is 51.5 Å². The number of hydrogen-bond acceptors (Lipinski definition) is 1. The highest BCUT2D eigenvalue weighted by Crippen LogP contribution is 2.34. The highest BCUT2D eigenvalue weighted by molar-refractivity contribution is 6.31. The van der Waals surface area contributed by atoms with E-state index in [1.807, 2.05) is 32.9 Å². The van der Waals surface area contributed by atoms with Crippen molar-refractivity contribution in [2.24, 2.45) is 0 Å². The lowest BCUT2D eigenvalue weighted by Gasteiger charge is -2.25. The van der Waals surface area contributed by atoms with Crippen LogP contribution in [0.15, 0.2) is 60.7 Å². The number of amides is 1. The number of rotatable bonds is 6. The quantitative estimate of drug-likeness (QED) is 0.277. The summed E-state index contributed by atoms with van der Waals surface area (Å²) in [4.78, 5) is 14.5. The largest absolute Gasteiger partial charge is 0.416 e. The summed E-state index contributed by atoms with van der Waals surface area (Å²) in [5.41, 5.74) is -1.34. The lowest BCUT2D eigenvalue weighted by molar-refractivity contribution is -0.138.